The van der Waals surface area contributed by atoms with Crippen LogP contribution in [0.15, 0.2) is 16.8 Å². The molecular formula is C7H5ClN2S2. The van der Waals surface area contributed by atoms with Gasteiger partial charge in [0.2, 0.25) is 0 Å². The van der Waals surface area contributed by atoms with E-state index < -0.39 is 0 Å². The van der Waals surface area contributed by atoms with Crippen LogP contribution in [-0.4, -0.2) is 4.98 Å². The van der Waals surface area contributed by atoms with Gasteiger partial charge in [-0.25, -0.2) is 4.98 Å². The molecule has 0 spiro atoms. The van der Waals surface area contributed by atoms with E-state index >= 15 is 0 Å². The maximum absolute atomic E-state index is 5.71. The van der Waals surface area contributed by atoms with Crippen molar-refractivity contribution in [2.75, 3.05) is 5.73 Å². The third-order valence-corrected chi connectivity index (χ3v) is 3.34. The third kappa shape index (κ3) is 1.33. The molecule has 12 heavy (non-hydrogen) atoms. The highest BCUT2D eigenvalue weighted by molar-refractivity contribution is 7.16. The van der Waals surface area contributed by atoms with Crippen molar-refractivity contribution in [2.24, 2.45) is 0 Å². The number of hydrogen-bond donors (Lipinski definition) is 1. The van der Waals surface area contributed by atoms with Crippen LogP contribution in [0.3, 0.4) is 0 Å². The highest BCUT2D eigenvalue weighted by Crippen LogP contribution is 2.33. The summed E-state index contributed by atoms with van der Waals surface area (Å²) in [6, 6.07) is 1.87. The highest BCUT2D eigenvalue weighted by atomic mass is 35.5. The van der Waals surface area contributed by atoms with Gasteiger partial charge in [-0.3, -0.25) is 0 Å². The van der Waals surface area contributed by atoms with Crippen molar-refractivity contribution in [3.63, 3.8) is 0 Å². The zero-order chi connectivity index (χ0) is 8.55. The number of rotatable bonds is 1. The summed E-state index contributed by atoms with van der Waals surface area (Å²) in [4.78, 5) is 5.13. The van der Waals surface area contributed by atoms with Gasteiger partial charge < -0.3 is 5.73 Å². The van der Waals surface area contributed by atoms with E-state index in [0.29, 0.717) is 4.47 Å². The zero-order valence-electron chi connectivity index (χ0n) is 5.95. The van der Waals surface area contributed by atoms with E-state index in [1.807, 2.05) is 16.8 Å². The van der Waals surface area contributed by atoms with Crippen molar-refractivity contribution >= 4 is 40.0 Å². The first-order valence-corrected chi connectivity index (χ1v) is 5.35. The fourth-order valence-corrected chi connectivity index (χ4v) is 2.49. The number of nitrogen functional groups attached to an aromatic ring is 1. The molecule has 2 heterocycles. The summed E-state index contributed by atoms with van der Waals surface area (Å²) in [7, 11) is 0. The van der Waals surface area contributed by atoms with Crippen LogP contribution < -0.4 is 5.73 Å². The average molecular weight is 217 g/mol. The van der Waals surface area contributed by atoms with Gasteiger partial charge in [0, 0.05) is 5.38 Å². The molecule has 0 bridgehead atoms. The van der Waals surface area contributed by atoms with Crippen LogP contribution in [0.1, 0.15) is 0 Å². The quantitative estimate of drug-likeness (QED) is 0.796. The first kappa shape index (κ1) is 8.04. The van der Waals surface area contributed by atoms with Gasteiger partial charge in [-0.15, -0.1) is 22.7 Å². The van der Waals surface area contributed by atoms with Gasteiger partial charge in [0.25, 0.3) is 0 Å². The smallest absolute Gasteiger partial charge is 0.184 e. The monoisotopic (exact) mass is 216 g/mol. The largest absolute Gasteiger partial charge is 0.397 e. The standard InChI is InChI=1S/C7H5ClN2S2/c8-7-10-5(3-12-7)6-4(9)1-2-11-6/h1-3H,9H2. The number of thiophene rings is 1. The number of aromatic nitrogens is 1. The molecule has 5 heteroatoms. The number of nitrogens with zero attached hydrogens (tertiary/aromatic N) is 1. The molecule has 2 N–H and O–H groups in total. The molecule has 0 unspecified atom stereocenters. The Labute approximate surface area is 82.6 Å². The summed E-state index contributed by atoms with van der Waals surface area (Å²) >= 11 is 8.69. The fraction of sp³-hybridized carbons (Fsp3) is 0. The Bertz CT molecular complexity index is 394. The summed E-state index contributed by atoms with van der Waals surface area (Å²) in [6.07, 6.45) is 0. The highest BCUT2D eigenvalue weighted by Gasteiger charge is 2.07. The number of nitrogens with two attached hydrogens (primary N) is 1. The predicted octanol–water partition coefficient (Wildman–Crippen LogP) is 3.11. The van der Waals surface area contributed by atoms with E-state index in [4.69, 9.17) is 17.3 Å². The SMILES string of the molecule is Nc1ccsc1-c1csc(Cl)n1. The molecule has 2 nitrogen and oxygen atoms in total. The van der Waals surface area contributed by atoms with Crippen molar-refractivity contribution in [2.45, 2.75) is 0 Å². The molecule has 0 amide bonds. The van der Waals surface area contributed by atoms with Crippen LogP contribution in [-0.2, 0) is 0 Å². The second-order valence-electron chi connectivity index (χ2n) is 2.19. The minimum Gasteiger partial charge on any atom is -0.397 e. The minimum atomic E-state index is 0.554. The zero-order valence-corrected chi connectivity index (χ0v) is 8.34. The molecule has 0 aromatic carbocycles. The topological polar surface area (TPSA) is 38.9 Å². The van der Waals surface area contributed by atoms with Gasteiger partial charge in [-0.2, -0.15) is 0 Å². The van der Waals surface area contributed by atoms with Crippen molar-refractivity contribution in [1.82, 2.24) is 4.98 Å². The maximum Gasteiger partial charge on any atom is 0.184 e. The number of hydrogen-bond acceptors (Lipinski definition) is 4. The van der Waals surface area contributed by atoms with E-state index in [-0.39, 0.29) is 0 Å². The van der Waals surface area contributed by atoms with Crippen LogP contribution in [0, 0.1) is 0 Å². The maximum atomic E-state index is 5.71. The lowest BCUT2D eigenvalue weighted by Crippen LogP contribution is -1.83. The lowest BCUT2D eigenvalue weighted by molar-refractivity contribution is 1.43. The Balaban J connectivity index is 2.50. The number of halogens is 1. The molecular weight excluding hydrogens is 212 g/mol. The lowest BCUT2D eigenvalue weighted by atomic mass is 10.3. The first-order chi connectivity index (χ1) is 5.77. The van der Waals surface area contributed by atoms with Gasteiger partial charge >= 0.3 is 0 Å². The Hall–Kier alpha value is -0.580. The van der Waals surface area contributed by atoms with Gasteiger partial charge in [-0.05, 0) is 11.4 Å². The van der Waals surface area contributed by atoms with Crippen LogP contribution >= 0.6 is 34.3 Å². The van der Waals surface area contributed by atoms with Crippen LogP contribution in [0.25, 0.3) is 10.6 Å². The molecule has 0 radical (unpaired) electrons. The third-order valence-electron chi connectivity index (χ3n) is 1.40. The van der Waals surface area contributed by atoms with Crippen LogP contribution in [0.2, 0.25) is 4.47 Å². The summed E-state index contributed by atoms with van der Waals surface area (Å²) < 4.78 is 0.554. The molecule has 2 rings (SSSR count). The molecule has 0 fully saturated rings. The molecule has 0 atom stereocenters. The molecule has 2 aromatic rings. The molecule has 0 aliphatic carbocycles. The Morgan fingerprint density at radius 3 is 2.75 bits per heavy atom. The average Bonchev–Trinajstić information content (AvgIpc) is 2.58. The normalized spacial score (nSPS) is 10.4. The molecule has 0 saturated carbocycles. The van der Waals surface area contributed by atoms with E-state index in [2.05, 4.69) is 4.98 Å². The molecule has 0 aliphatic heterocycles. The second kappa shape index (κ2) is 3.05. The lowest BCUT2D eigenvalue weighted by Gasteiger charge is -1.91. The van der Waals surface area contributed by atoms with E-state index in [1.165, 1.54) is 11.3 Å². The number of anilines is 1. The molecule has 0 saturated heterocycles. The molecule has 62 valence electrons. The van der Waals surface area contributed by atoms with Crippen molar-refractivity contribution in [3.8, 4) is 10.6 Å². The van der Waals surface area contributed by atoms with Gasteiger partial charge in [0.1, 0.15) is 0 Å². The van der Waals surface area contributed by atoms with Gasteiger partial charge in [0.15, 0.2) is 4.47 Å². The Morgan fingerprint density at radius 1 is 1.42 bits per heavy atom. The Kier molecular flexibility index (Phi) is 2.04. The van der Waals surface area contributed by atoms with E-state index in [0.717, 1.165) is 16.3 Å². The van der Waals surface area contributed by atoms with Crippen molar-refractivity contribution in [3.05, 3.63) is 21.3 Å². The summed E-state index contributed by atoms with van der Waals surface area (Å²) in [5.41, 5.74) is 7.35. The van der Waals surface area contributed by atoms with Crippen molar-refractivity contribution < 1.29 is 0 Å². The minimum absolute atomic E-state index is 0.554. The van der Waals surface area contributed by atoms with Crippen LogP contribution in [0.5, 0.6) is 0 Å². The van der Waals surface area contributed by atoms with Gasteiger partial charge in [-0.1, -0.05) is 11.6 Å². The fourth-order valence-electron chi connectivity index (χ4n) is 0.883. The van der Waals surface area contributed by atoms with Crippen molar-refractivity contribution in [1.29, 1.82) is 0 Å². The second-order valence-corrected chi connectivity index (χ2v) is 4.55. The van der Waals surface area contributed by atoms with E-state index in [1.54, 1.807) is 11.3 Å². The molecule has 2 aromatic heterocycles. The Morgan fingerprint density at radius 2 is 2.25 bits per heavy atom. The van der Waals surface area contributed by atoms with Gasteiger partial charge in [0.05, 0.1) is 16.3 Å². The summed E-state index contributed by atoms with van der Waals surface area (Å²) in [6.45, 7) is 0. The number of thiazole rings is 1. The van der Waals surface area contributed by atoms with Crippen LogP contribution in [0.4, 0.5) is 5.69 Å². The first-order valence-electron chi connectivity index (χ1n) is 3.22. The summed E-state index contributed by atoms with van der Waals surface area (Å²) in [5.74, 6) is 0. The summed E-state index contributed by atoms with van der Waals surface area (Å²) in [5, 5.41) is 3.85. The predicted molar refractivity (Wildman–Crippen MR) is 54.8 cm³/mol. The molecule has 0 aliphatic rings. The van der Waals surface area contributed by atoms with E-state index in [9.17, 15) is 0 Å².